The van der Waals surface area contributed by atoms with E-state index in [1.807, 2.05) is 0 Å². The largest absolute Gasteiger partial charge is 0.245 e. The van der Waals surface area contributed by atoms with Crippen LogP contribution in [0.15, 0.2) is 41.7 Å². The lowest BCUT2D eigenvalue weighted by atomic mass is 10.1. The van der Waals surface area contributed by atoms with E-state index in [1.54, 1.807) is 24.4 Å². The minimum atomic E-state index is -3.30. The van der Waals surface area contributed by atoms with Crippen molar-refractivity contribution in [2.24, 2.45) is 0 Å². The molecule has 0 aliphatic carbocycles. The van der Waals surface area contributed by atoms with Crippen LogP contribution in [0.5, 0.6) is 0 Å². The van der Waals surface area contributed by atoms with Gasteiger partial charge in [-0.15, -0.1) is 0 Å². The van der Waals surface area contributed by atoms with Crippen LogP contribution in [0, 0.1) is 0 Å². The summed E-state index contributed by atoms with van der Waals surface area (Å²) in [5.41, 5.74) is 1.54. The number of sulfone groups is 1. The maximum absolute atomic E-state index is 11.4. The van der Waals surface area contributed by atoms with Crippen molar-refractivity contribution in [3.05, 3.63) is 41.8 Å². The second kappa shape index (κ2) is 4.43. The normalized spacial score (nSPS) is 11.4. The molecule has 0 aliphatic rings. The molecular formula is C11H9ClN2O2S. The minimum absolute atomic E-state index is 0.0444. The van der Waals surface area contributed by atoms with E-state index in [2.05, 4.69) is 9.97 Å². The zero-order valence-corrected chi connectivity index (χ0v) is 10.5. The van der Waals surface area contributed by atoms with Crippen LogP contribution >= 0.6 is 11.6 Å². The molecule has 0 amide bonds. The van der Waals surface area contributed by atoms with Gasteiger partial charge in [-0.1, -0.05) is 11.6 Å². The van der Waals surface area contributed by atoms with Gasteiger partial charge in [-0.05, 0) is 35.4 Å². The lowest BCUT2D eigenvalue weighted by Gasteiger charge is -2.03. The van der Waals surface area contributed by atoms with Crippen molar-refractivity contribution in [2.45, 2.75) is 5.03 Å². The van der Waals surface area contributed by atoms with Gasteiger partial charge >= 0.3 is 0 Å². The molecule has 0 N–H and O–H groups in total. The number of hydrogen-bond donors (Lipinski definition) is 0. The fraction of sp³-hybridized carbons (Fsp3) is 0.0909. The second-order valence-electron chi connectivity index (χ2n) is 3.52. The van der Waals surface area contributed by atoms with Crippen molar-refractivity contribution < 1.29 is 8.42 Å². The Morgan fingerprint density at radius 3 is 2.24 bits per heavy atom. The highest BCUT2D eigenvalue weighted by Gasteiger charge is 2.10. The highest BCUT2D eigenvalue weighted by atomic mass is 35.5. The molecule has 0 fully saturated rings. The molecule has 0 bridgehead atoms. The first-order valence-electron chi connectivity index (χ1n) is 4.75. The Kier molecular flexibility index (Phi) is 3.13. The molecule has 2 heterocycles. The molecule has 0 saturated heterocycles. The van der Waals surface area contributed by atoms with Crippen LogP contribution < -0.4 is 0 Å². The van der Waals surface area contributed by atoms with E-state index < -0.39 is 9.84 Å². The third-order valence-corrected chi connectivity index (χ3v) is 3.36. The molecule has 17 heavy (non-hydrogen) atoms. The maximum Gasteiger partial charge on any atom is 0.192 e. The summed E-state index contributed by atoms with van der Waals surface area (Å²) in [5, 5.41) is 0.406. The highest BCUT2D eigenvalue weighted by molar-refractivity contribution is 7.90. The van der Waals surface area contributed by atoms with E-state index in [-0.39, 0.29) is 5.03 Å². The molecule has 0 aliphatic heterocycles. The first kappa shape index (κ1) is 12.0. The third kappa shape index (κ3) is 2.81. The SMILES string of the molecule is CS(=O)(=O)c1cc(-c2ccnc(Cl)c2)ccn1. The van der Waals surface area contributed by atoms with Crippen LogP contribution in [0.25, 0.3) is 11.1 Å². The van der Waals surface area contributed by atoms with Crippen molar-refractivity contribution in [2.75, 3.05) is 6.26 Å². The smallest absolute Gasteiger partial charge is 0.192 e. The Bertz CT molecular complexity index is 656. The Morgan fingerprint density at radius 2 is 1.65 bits per heavy atom. The van der Waals surface area contributed by atoms with E-state index >= 15 is 0 Å². The summed E-state index contributed by atoms with van der Waals surface area (Å²) in [5.74, 6) is 0. The van der Waals surface area contributed by atoms with Crippen molar-refractivity contribution in [3.8, 4) is 11.1 Å². The van der Waals surface area contributed by atoms with Gasteiger partial charge in [0, 0.05) is 18.6 Å². The summed E-state index contributed by atoms with van der Waals surface area (Å²) in [6, 6.07) is 6.66. The Balaban J connectivity index is 2.54. The van der Waals surface area contributed by atoms with Gasteiger partial charge in [0.1, 0.15) is 5.15 Å². The van der Waals surface area contributed by atoms with Gasteiger partial charge in [0.25, 0.3) is 0 Å². The number of halogens is 1. The van der Waals surface area contributed by atoms with Gasteiger partial charge in [-0.3, -0.25) is 0 Å². The van der Waals surface area contributed by atoms with Crippen LogP contribution in [0.4, 0.5) is 0 Å². The number of rotatable bonds is 2. The predicted molar refractivity (Wildman–Crippen MR) is 65.6 cm³/mol. The quantitative estimate of drug-likeness (QED) is 0.784. The van der Waals surface area contributed by atoms with Crippen LogP contribution in [-0.2, 0) is 9.84 Å². The molecular weight excluding hydrogens is 260 g/mol. The lowest BCUT2D eigenvalue weighted by molar-refractivity contribution is 0.598. The van der Waals surface area contributed by atoms with E-state index in [4.69, 9.17) is 11.6 Å². The fourth-order valence-corrected chi connectivity index (χ4v) is 2.14. The number of hydrogen-bond acceptors (Lipinski definition) is 4. The maximum atomic E-state index is 11.4. The minimum Gasteiger partial charge on any atom is -0.245 e. The van der Waals surface area contributed by atoms with Gasteiger partial charge < -0.3 is 0 Å². The second-order valence-corrected chi connectivity index (χ2v) is 5.87. The van der Waals surface area contributed by atoms with Gasteiger partial charge in [-0.25, -0.2) is 18.4 Å². The standard InChI is InChI=1S/C11H9ClN2O2S/c1-17(15,16)11-7-9(3-5-14-11)8-2-4-13-10(12)6-8/h2-7H,1H3. The molecule has 2 rings (SSSR count). The van der Waals surface area contributed by atoms with Gasteiger partial charge in [0.2, 0.25) is 0 Å². The molecule has 0 atom stereocenters. The number of aromatic nitrogens is 2. The molecule has 2 aromatic heterocycles. The summed E-state index contributed by atoms with van der Waals surface area (Å²) in [4.78, 5) is 7.69. The van der Waals surface area contributed by atoms with E-state index in [1.165, 1.54) is 12.3 Å². The molecule has 0 radical (unpaired) electrons. The Labute approximate surface area is 104 Å². The molecule has 0 unspecified atom stereocenters. The van der Waals surface area contributed by atoms with Crippen molar-refractivity contribution in [3.63, 3.8) is 0 Å². The van der Waals surface area contributed by atoms with Gasteiger partial charge in [0.15, 0.2) is 14.9 Å². The third-order valence-electron chi connectivity index (χ3n) is 2.17. The van der Waals surface area contributed by atoms with Crippen molar-refractivity contribution >= 4 is 21.4 Å². The van der Waals surface area contributed by atoms with Gasteiger partial charge in [-0.2, -0.15) is 0 Å². The summed E-state index contributed by atoms with van der Waals surface area (Å²) >= 11 is 5.78. The zero-order valence-electron chi connectivity index (χ0n) is 8.96. The van der Waals surface area contributed by atoms with E-state index in [9.17, 15) is 8.42 Å². The van der Waals surface area contributed by atoms with Crippen LogP contribution in [0.1, 0.15) is 0 Å². The number of nitrogens with zero attached hydrogens (tertiary/aromatic N) is 2. The van der Waals surface area contributed by atoms with Gasteiger partial charge in [0.05, 0.1) is 0 Å². The molecule has 0 aromatic carbocycles. The first-order chi connectivity index (χ1) is 7.97. The average molecular weight is 269 g/mol. The Hall–Kier alpha value is -1.46. The average Bonchev–Trinajstić information content (AvgIpc) is 2.28. The summed E-state index contributed by atoms with van der Waals surface area (Å²) < 4.78 is 22.8. The molecule has 4 nitrogen and oxygen atoms in total. The van der Waals surface area contributed by atoms with Crippen molar-refractivity contribution in [1.29, 1.82) is 0 Å². The summed E-state index contributed by atoms with van der Waals surface area (Å²) in [6.45, 7) is 0. The topological polar surface area (TPSA) is 59.9 Å². The van der Waals surface area contributed by atoms with E-state index in [0.29, 0.717) is 5.15 Å². The zero-order chi connectivity index (χ0) is 12.5. The summed E-state index contributed by atoms with van der Waals surface area (Å²) in [7, 11) is -3.30. The van der Waals surface area contributed by atoms with E-state index in [0.717, 1.165) is 17.4 Å². The van der Waals surface area contributed by atoms with Crippen molar-refractivity contribution in [1.82, 2.24) is 9.97 Å². The van der Waals surface area contributed by atoms with Crippen LogP contribution in [-0.4, -0.2) is 24.6 Å². The Morgan fingerprint density at radius 1 is 1.06 bits per heavy atom. The first-order valence-corrected chi connectivity index (χ1v) is 7.02. The lowest BCUT2D eigenvalue weighted by Crippen LogP contribution is -2.00. The molecule has 88 valence electrons. The highest BCUT2D eigenvalue weighted by Crippen LogP contribution is 2.22. The fourth-order valence-electron chi connectivity index (χ4n) is 1.37. The monoisotopic (exact) mass is 268 g/mol. The number of pyridine rings is 2. The predicted octanol–water partition coefficient (Wildman–Crippen LogP) is 2.20. The molecule has 6 heteroatoms. The molecule has 2 aromatic rings. The molecule has 0 saturated carbocycles. The molecule has 0 spiro atoms. The van der Waals surface area contributed by atoms with Crippen LogP contribution in [0.3, 0.4) is 0 Å². The summed E-state index contributed by atoms with van der Waals surface area (Å²) in [6.07, 6.45) is 4.15. The van der Waals surface area contributed by atoms with Crippen LogP contribution in [0.2, 0.25) is 5.15 Å².